The normalized spacial score (nSPS) is 13.0. The molecule has 1 aromatic heterocycles. The number of aliphatic carboxylic acids is 1. The van der Waals surface area contributed by atoms with Gasteiger partial charge in [-0.1, -0.05) is 26.0 Å². The first-order chi connectivity index (χ1) is 10.0. The molecule has 0 spiro atoms. The third-order valence-electron chi connectivity index (χ3n) is 3.94. The van der Waals surface area contributed by atoms with Crippen LogP contribution in [-0.4, -0.2) is 29.1 Å². The molecule has 4 heteroatoms. The molecule has 2 aromatic rings. The van der Waals surface area contributed by atoms with Gasteiger partial charge in [-0.2, -0.15) is 0 Å². The summed E-state index contributed by atoms with van der Waals surface area (Å²) in [5.74, 6) is -0.154. The van der Waals surface area contributed by atoms with Gasteiger partial charge in [-0.3, -0.25) is 4.79 Å². The number of H-pyrrole nitrogens is 1. The number of aryl methyl sites for hydroxylation is 1. The third kappa shape index (κ3) is 3.64. The van der Waals surface area contributed by atoms with Gasteiger partial charge in [-0.15, -0.1) is 0 Å². The van der Waals surface area contributed by atoms with Crippen molar-refractivity contribution < 1.29 is 9.90 Å². The molecule has 3 N–H and O–H groups in total. The summed E-state index contributed by atoms with van der Waals surface area (Å²) < 4.78 is 0. The number of benzene rings is 1. The average Bonchev–Trinajstić information content (AvgIpc) is 2.85. The number of hydrogen-bond donors (Lipinski definition) is 3. The number of fused-ring (bicyclic) bond motifs is 1. The van der Waals surface area contributed by atoms with E-state index in [0.717, 1.165) is 23.9 Å². The lowest BCUT2D eigenvalue weighted by atomic mass is 9.96. The Bertz CT molecular complexity index is 616. The monoisotopic (exact) mass is 288 g/mol. The Kier molecular flexibility index (Phi) is 5.02. The Morgan fingerprint density at radius 2 is 2.10 bits per heavy atom. The lowest BCUT2D eigenvalue weighted by Gasteiger charge is -2.12. The number of carboxylic acid groups (broad SMARTS) is 1. The molecular weight excluding hydrogens is 264 g/mol. The molecule has 21 heavy (non-hydrogen) atoms. The molecule has 0 aliphatic heterocycles. The van der Waals surface area contributed by atoms with Crippen LogP contribution in [0.3, 0.4) is 0 Å². The van der Waals surface area contributed by atoms with Crippen LogP contribution < -0.4 is 5.32 Å². The molecule has 0 fully saturated rings. The van der Waals surface area contributed by atoms with Crippen LogP contribution in [0, 0.1) is 5.92 Å². The minimum atomic E-state index is -0.813. The smallest absolute Gasteiger partial charge is 0.321 e. The fourth-order valence-electron chi connectivity index (χ4n) is 2.68. The first-order valence-corrected chi connectivity index (χ1v) is 7.50. The van der Waals surface area contributed by atoms with Crippen molar-refractivity contribution in [2.75, 3.05) is 7.05 Å². The quantitative estimate of drug-likeness (QED) is 0.734. The maximum atomic E-state index is 11.2. The van der Waals surface area contributed by atoms with E-state index in [1.165, 1.54) is 10.9 Å². The van der Waals surface area contributed by atoms with Gasteiger partial charge in [0.25, 0.3) is 0 Å². The molecule has 0 saturated carbocycles. The maximum absolute atomic E-state index is 11.2. The molecule has 0 radical (unpaired) electrons. The fraction of sp³-hybridized carbons (Fsp3) is 0.471. The summed E-state index contributed by atoms with van der Waals surface area (Å²) in [6.45, 7) is 4.44. The van der Waals surface area contributed by atoms with Gasteiger partial charge < -0.3 is 15.4 Å². The summed E-state index contributed by atoms with van der Waals surface area (Å²) in [6, 6.07) is 5.71. The van der Waals surface area contributed by atoms with E-state index in [1.807, 2.05) is 12.3 Å². The zero-order valence-electron chi connectivity index (χ0n) is 12.9. The number of aromatic nitrogens is 1. The first-order valence-electron chi connectivity index (χ1n) is 7.50. The highest BCUT2D eigenvalue weighted by Gasteiger charge is 2.18. The van der Waals surface area contributed by atoms with E-state index in [2.05, 4.69) is 36.3 Å². The summed E-state index contributed by atoms with van der Waals surface area (Å²) in [5.41, 5.74) is 3.47. The van der Waals surface area contributed by atoms with Gasteiger partial charge in [0.1, 0.15) is 6.04 Å². The average molecular weight is 288 g/mol. The van der Waals surface area contributed by atoms with E-state index < -0.39 is 12.0 Å². The summed E-state index contributed by atoms with van der Waals surface area (Å²) >= 11 is 0. The maximum Gasteiger partial charge on any atom is 0.321 e. The summed E-state index contributed by atoms with van der Waals surface area (Å²) in [7, 11) is 1.69. The van der Waals surface area contributed by atoms with Crippen molar-refractivity contribution in [1.29, 1.82) is 0 Å². The largest absolute Gasteiger partial charge is 0.480 e. The van der Waals surface area contributed by atoms with E-state index in [4.69, 9.17) is 0 Å². The molecule has 114 valence electrons. The number of nitrogens with one attached hydrogen (secondary N) is 2. The lowest BCUT2D eigenvalue weighted by molar-refractivity contribution is -0.139. The fourth-order valence-corrected chi connectivity index (χ4v) is 2.68. The Hall–Kier alpha value is -1.81. The van der Waals surface area contributed by atoms with Crippen LogP contribution in [0.5, 0.6) is 0 Å². The minimum absolute atomic E-state index is 0.491. The van der Waals surface area contributed by atoms with E-state index in [9.17, 15) is 9.90 Å². The highest BCUT2D eigenvalue weighted by atomic mass is 16.4. The number of carboxylic acids is 1. The molecule has 1 atom stereocenters. The number of likely N-dealkylation sites (N-methyl/N-ethyl adjacent to an activating group) is 1. The summed E-state index contributed by atoms with van der Waals surface area (Å²) in [6.07, 6.45) is 4.59. The topological polar surface area (TPSA) is 65.1 Å². The molecule has 0 bridgehead atoms. The number of aromatic amines is 1. The Balaban J connectivity index is 2.33. The second-order valence-electron chi connectivity index (χ2n) is 5.97. The molecule has 4 nitrogen and oxygen atoms in total. The van der Waals surface area contributed by atoms with Gasteiger partial charge in [-0.25, -0.2) is 0 Å². The van der Waals surface area contributed by atoms with Gasteiger partial charge in [0.05, 0.1) is 0 Å². The van der Waals surface area contributed by atoms with Crippen molar-refractivity contribution in [3.8, 4) is 0 Å². The Labute approximate surface area is 125 Å². The van der Waals surface area contributed by atoms with Crippen LogP contribution in [0.25, 0.3) is 10.9 Å². The third-order valence-corrected chi connectivity index (χ3v) is 3.94. The van der Waals surface area contributed by atoms with Crippen LogP contribution in [0.1, 0.15) is 31.4 Å². The van der Waals surface area contributed by atoms with E-state index in [0.29, 0.717) is 12.3 Å². The van der Waals surface area contributed by atoms with Crippen LogP contribution in [0.2, 0.25) is 0 Å². The van der Waals surface area contributed by atoms with Crippen molar-refractivity contribution in [3.63, 3.8) is 0 Å². The highest BCUT2D eigenvalue weighted by Crippen LogP contribution is 2.25. The Morgan fingerprint density at radius 1 is 1.33 bits per heavy atom. The van der Waals surface area contributed by atoms with Crippen molar-refractivity contribution in [3.05, 3.63) is 35.5 Å². The molecular formula is C17H24N2O2. The summed E-state index contributed by atoms with van der Waals surface area (Å²) in [4.78, 5) is 14.5. The zero-order chi connectivity index (χ0) is 15.4. The van der Waals surface area contributed by atoms with Gasteiger partial charge in [-0.05, 0) is 43.0 Å². The SMILES string of the molecule is CNC(Cc1c[nH]c2cccc(CCC(C)C)c12)C(=O)O. The molecule has 0 aliphatic rings. The zero-order valence-corrected chi connectivity index (χ0v) is 12.9. The predicted octanol–water partition coefficient (Wildman–Crippen LogP) is 2.97. The molecule has 2 rings (SSSR count). The van der Waals surface area contributed by atoms with Crippen molar-refractivity contribution in [2.45, 2.75) is 39.2 Å². The molecule has 1 heterocycles. The van der Waals surface area contributed by atoms with E-state index in [1.54, 1.807) is 7.05 Å². The van der Waals surface area contributed by atoms with Crippen LogP contribution in [-0.2, 0) is 17.6 Å². The van der Waals surface area contributed by atoms with Gasteiger partial charge in [0.15, 0.2) is 0 Å². The predicted molar refractivity (Wildman–Crippen MR) is 85.6 cm³/mol. The van der Waals surface area contributed by atoms with Gasteiger partial charge in [0.2, 0.25) is 0 Å². The molecule has 0 saturated heterocycles. The minimum Gasteiger partial charge on any atom is -0.480 e. The molecule has 1 unspecified atom stereocenters. The Morgan fingerprint density at radius 3 is 2.71 bits per heavy atom. The van der Waals surface area contributed by atoms with Gasteiger partial charge in [0, 0.05) is 23.5 Å². The van der Waals surface area contributed by atoms with Crippen LogP contribution in [0.4, 0.5) is 0 Å². The summed E-state index contributed by atoms with van der Waals surface area (Å²) in [5, 5.41) is 13.3. The second-order valence-corrected chi connectivity index (χ2v) is 5.97. The molecule has 0 amide bonds. The first kappa shape index (κ1) is 15.6. The molecule has 0 aliphatic carbocycles. The lowest BCUT2D eigenvalue weighted by Crippen LogP contribution is -2.35. The van der Waals surface area contributed by atoms with E-state index >= 15 is 0 Å². The van der Waals surface area contributed by atoms with Crippen LogP contribution >= 0.6 is 0 Å². The van der Waals surface area contributed by atoms with Crippen molar-refractivity contribution >= 4 is 16.9 Å². The van der Waals surface area contributed by atoms with Crippen LogP contribution in [0.15, 0.2) is 24.4 Å². The van der Waals surface area contributed by atoms with Crippen molar-refractivity contribution in [1.82, 2.24) is 10.3 Å². The second kappa shape index (κ2) is 6.76. The number of hydrogen-bond acceptors (Lipinski definition) is 2. The van der Waals surface area contributed by atoms with Crippen molar-refractivity contribution in [2.24, 2.45) is 5.92 Å². The number of carbonyl (C=O) groups is 1. The standard InChI is InChI=1S/C17H24N2O2/c1-11(2)7-8-12-5-4-6-14-16(12)13(10-19-14)9-15(18-3)17(20)21/h4-6,10-11,15,18-19H,7-9H2,1-3H3,(H,20,21). The van der Waals surface area contributed by atoms with Gasteiger partial charge >= 0.3 is 5.97 Å². The molecule has 1 aromatic carbocycles. The van der Waals surface area contributed by atoms with E-state index in [-0.39, 0.29) is 0 Å². The highest BCUT2D eigenvalue weighted by molar-refractivity contribution is 5.87. The number of rotatable bonds is 7.